The smallest absolute Gasteiger partial charge is 0.368 e. The molecule has 6 nitrogen and oxygen atoms in total. The molecule has 0 fully saturated rings. The van der Waals surface area contributed by atoms with Crippen molar-refractivity contribution < 1.29 is 22.8 Å². The van der Waals surface area contributed by atoms with Crippen molar-refractivity contribution in [3.05, 3.63) is 71.9 Å². The number of hydrogen-bond acceptors (Lipinski definition) is 4. The number of rotatable bonds is 8. The van der Waals surface area contributed by atoms with Gasteiger partial charge in [0.05, 0.1) is 18.5 Å². The number of benzene rings is 2. The van der Waals surface area contributed by atoms with Gasteiger partial charge in [-0.1, -0.05) is 42.5 Å². The van der Waals surface area contributed by atoms with Crippen LogP contribution in [-0.4, -0.2) is 36.4 Å². The molecule has 0 bridgehead atoms. The van der Waals surface area contributed by atoms with Crippen LogP contribution in [0.3, 0.4) is 0 Å². The zero-order chi connectivity index (χ0) is 22.3. The first kappa shape index (κ1) is 22.1. The first-order valence-corrected chi connectivity index (χ1v) is 9.61. The third-order valence-corrected chi connectivity index (χ3v) is 4.53. The molecule has 0 radical (unpaired) electrons. The number of carbonyl (C=O) groups excluding carboxylic acids is 2. The highest BCUT2D eigenvalue weighted by Gasteiger charge is 2.33. The number of alkyl halides is 3. The van der Waals surface area contributed by atoms with Crippen LogP contribution < -0.4 is 16.0 Å². The van der Waals surface area contributed by atoms with E-state index in [2.05, 4.69) is 20.9 Å². The van der Waals surface area contributed by atoms with Gasteiger partial charge in [0.2, 0.25) is 11.8 Å². The highest BCUT2D eigenvalue weighted by Crippen LogP contribution is 2.33. The quantitative estimate of drug-likeness (QED) is 0.480. The van der Waals surface area contributed by atoms with Crippen LogP contribution in [0.2, 0.25) is 0 Å². The third kappa shape index (κ3) is 6.18. The van der Waals surface area contributed by atoms with Gasteiger partial charge in [-0.25, -0.2) is 4.98 Å². The number of carbonyl (C=O) groups is 2. The molecule has 31 heavy (non-hydrogen) atoms. The van der Waals surface area contributed by atoms with Crippen molar-refractivity contribution in [1.29, 1.82) is 0 Å². The molecule has 0 saturated heterocycles. The Morgan fingerprint density at radius 1 is 0.871 bits per heavy atom. The average Bonchev–Trinajstić information content (AvgIpc) is 2.75. The summed E-state index contributed by atoms with van der Waals surface area (Å²) < 4.78 is 38.7. The first-order valence-electron chi connectivity index (χ1n) is 9.61. The molecule has 2 aromatic carbocycles. The van der Waals surface area contributed by atoms with Gasteiger partial charge in [0.15, 0.2) is 0 Å². The predicted octanol–water partition coefficient (Wildman–Crippen LogP) is 3.14. The number of pyridine rings is 1. The van der Waals surface area contributed by atoms with Gasteiger partial charge in [0.1, 0.15) is 5.82 Å². The van der Waals surface area contributed by atoms with Gasteiger partial charge in [-0.2, -0.15) is 13.2 Å². The number of nitrogens with zero attached hydrogens (tertiary/aromatic N) is 1. The second-order valence-electron chi connectivity index (χ2n) is 6.77. The van der Waals surface area contributed by atoms with Gasteiger partial charge >= 0.3 is 6.18 Å². The molecular formula is C22H21F3N4O2. The van der Waals surface area contributed by atoms with Crippen molar-refractivity contribution in [2.24, 2.45) is 0 Å². The molecule has 0 aliphatic carbocycles. The van der Waals surface area contributed by atoms with E-state index in [1.165, 1.54) is 12.3 Å². The SMILES string of the molecule is O=C(CNC(=O)Cc1cccc2ccccc12)NCCNc1ncccc1C(F)(F)F. The molecule has 1 heterocycles. The van der Waals surface area contributed by atoms with Crippen molar-refractivity contribution >= 4 is 28.4 Å². The normalized spacial score (nSPS) is 11.2. The standard InChI is InChI=1S/C22H21F3N4O2/c23-22(24,25)18-9-4-10-27-21(18)28-12-11-26-20(31)14-29-19(30)13-16-7-3-6-15-5-1-2-8-17(15)16/h1-10H,11-14H2,(H,26,31)(H,27,28)(H,29,30). The third-order valence-electron chi connectivity index (χ3n) is 4.53. The Morgan fingerprint density at radius 2 is 1.65 bits per heavy atom. The number of fused-ring (bicyclic) bond motifs is 1. The van der Waals surface area contributed by atoms with E-state index in [4.69, 9.17) is 0 Å². The van der Waals surface area contributed by atoms with Crippen molar-refractivity contribution in [2.75, 3.05) is 25.0 Å². The maximum atomic E-state index is 12.9. The molecule has 3 rings (SSSR count). The topological polar surface area (TPSA) is 83.1 Å². The van der Waals surface area contributed by atoms with E-state index < -0.39 is 17.6 Å². The number of halogens is 3. The number of nitrogens with one attached hydrogen (secondary N) is 3. The maximum absolute atomic E-state index is 12.9. The summed E-state index contributed by atoms with van der Waals surface area (Å²) in [6, 6.07) is 15.5. The van der Waals surface area contributed by atoms with Crippen LogP contribution in [0.4, 0.5) is 19.0 Å². The zero-order valence-electron chi connectivity index (χ0n) is 16.5. The highest BCUT2D eigenvalue weighted by atomic mass is 19.4. The van der Waals surface area contributed by atoms with E-state index in [0.717, 1.165) is 22.4 Å². The summed E-state index contributed by atoms with van der Waals surface area (Å²) in [5.41, 5.74) is -0.0157. The molecule has 0 spiro atoms. The van der Waals surface area contributed by atoms with E-state index in [9.17, 15) is 22.8 Å². The summed E-state index contributed by atoms with van der Waals surface area (Å²) in [5, 5.41) is 9.64. The van der Waals surface area contributed by atoms with Crippen molar-refractivity contribution in [3.8, 4) is 0 Å². The van der Waals surface area contributed by atoms with Crippen LogP contribution in [-0.2, 0) is 22.2 Å². The molecule has 1 aromatic heterocycles. The van der Waals surface area contributed by atoms with Crippen LogP contribution in [0.25, 0.3) is 10.8 Å². The van der Waals surface area contributed by atoms with E-state index in [0.29, 0.717) is 0 Å². The number of anilines is 1. The van der Waals surface area contributed by atoms with Gasteiger partial charge in [-0.15, -0.1) is 0 Å². The summed E-state index contributed by atoms with van der Waals surface area (Å²) in [4.78, 5) is 27.8. The van der Waals surface area contributed by atoms with Crippen molar-refractivity contribution in [3.63, 3.8) is 0 Å². The van der Waals surface area contributed by atoms with Crippen LogP contribution in [0.5, 0.6) is 0 Å². The fraction of sp³-hybridized carbons (Fsp3) is 0.227. The second-order valence-corrected chi connectivity index (χ2v) is 6.77. The van der Waals surface area contributed by atoms with Crippen LogP contribution in [0.1, 0.15) is 11.1 Å². The van der Waals surface area contributed by atoms with Gasteiger partial charge in [-0.05, 0) is 28.5 Å². The monoisotopic (exact) mass is 430 g/mol. The molecule has 162 valence electrons. The fourth-order valence-corrected chi connectivity index (χ4v) is 3.08. The number of aromatic nitrogens is 1. The molecular weight excluding hydrogens is 409 g/mol. The molecule has 0 aliphatic heterocycles. The molecule has 3 aromatic rings. The number of hydrogen-bond donors (Lipinski definition) is 3. The Morgan fingerprint density at radius 3 is 2.45 bits per heavy atom. The van der Waals surface area contributed by atoms with E-state index in [-0.39, 0.29) is 37.8 Å². The first-order chi connectivity index (χ1) is 14.8. The minimum absolute atomic E-state index is 0.0514. The zero-order valence-corrected chi connectivity index (χ0v) is 16.5. The van der Waals surface area contributed by atoms with Gasteiger partial charge in [-0.3, -0.25) is 9.59 Å². The molecule has 9 heteroatoms. The summed E-state index contributed by atoms with van der Waals surface area (Å²) in [7, 11) is 0. The lowest BCUT2D eigenvalue weighted by Gasteiger charge is -2.13. The Balaban J connectivity index is 1.41. The Hall–Kier alpha value is -3.62. The maximum Gasteiger partial charge on any atom is 0.419 e. The molecule has 0 aliphatic rings. The average molecular weight is 430 g/mol. The van der Waals surface area contributed by atoms with E-state index >= 15 is 0 Å². The summed E-state index contributed by atoms with van der Waals surface area (Å²) in [6.07, 6.45) is -3.13. The molecule has 0 unspecified atom stereocenters. The fourth-order valence-electron chi connectivity index (χ4n) is 3.08. The lowest BCUT2D eigenvalue weighted by atomic mass is 10.0. The lowest BCUT2D eigenvalue weighted by molar-refractivity contribution is -0.137. The second kappa shape index (κ2) is 9.92. The van der Waals surface area contributed by atoms with E-state index in [1.807, 2.05) is 42.5 Å². The van der Waals surface area contributed by atoms with Gasteiger partial charge < -0.3 is 16.0 Å². The predicted molar refractivity (Wildman–Crippen MR) is 111 cm³/mol. The molecule has 0 atom stereocenters. The summed E-state index contributed by atoms with van der Waals surface area (Å²) >= 11 is 0. The van der Waals surface area contributed by atoms with Crippen LogP contribution >= 0.6 is 0 Å². The van der Waals surface area contributed by atoms with Crippen LogP contribution in [0, 0.1) is 0 Å². The highest BCUT2D eigenvalue weighted by molar-refractivity contribution is 5.91. The Labute approximate surface area is 176 Å². The van der Waals surface area contributed by atoms with Gasteiger partial charge in [0, 0.05) is 19.3 Å². The molecule has 0 saturated carbocycles. The Kier molecular flexibility index (Phi) is 7.07. The molecule has 2 amide bonds. The van der Waals surface area contributed by atoms with Crippen LogP contribution in [0.15, 0.2) is 60.8 Å². The summed E-state index contributed by atoms with van der Waals surface area (Å²) in [5.74, 6) is -1.04. The summed E-state index contributed by atoms with van der Waals surface area (Å²) in [6.45, 7) is -0.0946. The molecule has 3 N–H and O–H groups in total. The van der Waals surface area contributed by atoms with Crippen molar-refractivity contribution in [1.82, 2.24) is 15.6 Å². The lowest BCUT2D eigenvalue weighted by Crippen LogP contribution is -2.39. The van der Waals surface area contributed by atoms with Crippen molar-refractivity contribution in [2.45, 2.75) is 12.6 Å². The van der Waals surface area contributed by atoms with Gasteiger partial charge in [0.25, 0.3) is 0 Å². The van der Waals surface area contributed by atoms with E-state index in [1.54, 1.807) is 0 Å². The largest absolute Gasteiger partial charge is 0.419 e. The number of amides is 2. The minimum Gasteiger partial charge on any atom is -0.368 e. The minimum atomic E-state index is -4.52. The Bertz CT molecular complexity index is 1060.